The molecule has 0 bridgehead atoms. The number of benzene rings is 1. The van der Waals surface area contributed by atoms with Gasteiger partial charge in [-0.3, -0.25) is 9.20 Å². The maximum Gasteiger partial charge on any atom is 0.197 e. The molecule has 1 unspecified atom stereocenters. The Morgan fingerprint density at radius 2 is 2.10 bits per heavy atom. The lowest BCUT2D eigenvalue weighted by Gasteiger charge is -2.17. The first-order valence-corrected chi connectivity index (χ1v) is 11.9. The second-order valence-electron chi connectivity index (χ2n) is 7.77. The Hall–Kier alpha value is -2.32. The first kappa shape index (κ1) is 19.6. The predicted molar refractivity (Wildman–Crippen MR) is 118 cm³/mol. The highest BCUT2D eigenvalue weighted by molar-refractivity contribution is 7.99. The van der Waals surface area contributed by atoms with E-state index < -0.39 is 0 Å². The predicted octanol–water partition coefficient (Wildman–Crippen LogP) is 5.14. The summed E-state index contributed by atoms with van der Waals surface area (Å²) in [5.41, 5.74) is 2.72. The molecule has 0 aliphatic heterocycles. The van der Waals surface area contributed by atoms with Crippen molar-refractivity contribution >= 4 is 44.7 Å². The van der Waals surface area contributed by atoms with E-state index in [0.29, 0.717) is 16.6 Å². The molecule has 0 N–H and O–H groups in total. The number of rotatable bonds is 5. The van der Waals surface area contributed by atoms with Crippen molar-refractivity contribution in [3.05, 3.63) is 51.9 Å². The van der Waals surface area contributed by atoms with Crippen LogP contribution in [0.25, 0.3) is 15.9 Å². The smallest absolute Gasteiger partial charge is 0.197 e. The summed E-state index contributed by atoms with van der Waals surface area (Å²) in [4.78, 5) is 19.9. The van der Waals surface area contributed by atoms with Gasteiger partial charge in [0.2, 0.25) is 0 Å². The van der Waals surface area contributed by atoms with Crippen molar-refractivity contribution in [3.63, 3.8) is 0 Å². The average Bonchev–Trinajstić information content (AvgIpc) is 3.32. The Balaban J connectivity index is 1.52. The summed E-state index contributed by atoms with van der Waals surface area (Å²) in [6.45, 7) is 4.37. The summed E-state index contributed by atoms with van der Waals surface area (Å²) in [5.74, 6) is 1.41. The van der Waals surface area contributed by atoms with Crippen LogP contribution in [-0.4, -0.2) is 31.1 Å². The van der Waals surface area contributed by atoms with Crippen LogP contribution in [0, 0.1) is 11.7 Å². The normalized spacial score (nSPS) is 16.3. The highest BCUT2D eigenvalue weighted by Crippen LogP contribution is 2.39. The number of ketones is 1. The van der Waals surface area contributed by atoms with Crippen molar-refractivity contribution < 1.29 is 9.18 Å². The molecule has 0 radical (unpaired) electrons. The van der Waals surface area contributed by atoms with Gasteiger partial charge < -0.3 is 0 Å². The number of thiophene rings is 1. The zero-order valence-corrected chi connectivity index (χ0v) is 18.4. The number of carbonyl (C=O) groups excluding carboxylic acids is 1. The fourth-order valence-electron chi connectivity index (χ4n) is 4.06. The van der Waals surface area contributed by atoms with E-state index in [1.165, 1.54) is 52.9 Å². The molecule has 0 amide bonds. The first-order valence-electron chi connectivity index (χ1n) is 10.1. The molecule has 154 valence electrons. The number of aromatic nitrogens is 4. The van der Waals surface area contributed by atoms with Gasteiger partial charge in [0.1, 0.15) is 16.5 Å². The van der Waals surface area contributed by atoms with E-state index in [1.807, 2.05) is 4.40 Å². The number of carbonyl (C=O) groups is 1. The van der Waals surface area contributed by atoms with Crippen LogP contribution in [0.4, 0.5) is 4.39 Å². The SMILES string of the molecule is CCc1nc2sc3c(c2c2nnc(SCC(=O)c4ccc(F)cc4)n12)CCC(C)C3. The van der Waals surface area contributed by atoms with Gasteiger partial charge in [-0.1, -0.05) is 25.6 Å². The maximum atomic E-state index is 13.1. The van der Waals surface area contributed by atoms with E-state index in [2.05, 4.69) is 24.0 Å². The molecule has 5 nitrogen and oxygen atoms in total. The molecule has 0 saturated heterocycles. The molecule has 3 aromatic heterocycles. The van der Waals surface area contributed by atoms with Crippen molar-refractivity contribution in [1.29, 1.82) is 0 Å². The van der Waals surface area contributed by atoms with E-state index in [4.69, 9.17) is 4.98 Å². The van der Waals surface area contributed by atoms with Gasteiger partial charge in [-0.2, -0.15) is 0 Å². The fourth-order valence-corrected chi connectivity index (χ4v) is 6.30. The van der Waals surface area contributed by atoms with E-state index in [9.17, 15) is 9.18 Å². The van der Waals surface area contributed by atoms with Crippen LogP contribution in [0.1, 0.15) is 46.9 Å². The molecule has 4 aromatic rings. The van der Waals surface area contributed by atoms with Crippen LogP contribution in [0.15, 0.2) is 29.4 Å². The summed E-state index contributed by atoms with van der Waals surface area (Å²) >= 11 is 3.14. The third kappa shape index (κ3) is 3.32. The lowest BCUT2D eigenvalue weighted by Crippen LogP contribution is -2.09. The summed E-state index contributed by atoms with van der Waals surface area (Å²) in [7, 11) is 0. The van der Waals surface area contributed by atoms with Gasteiger partial charge in [-0.15, -0.1) is 21.5 Å². The highest BCUT2D eigenvalue weighted by atomic mass is 32.2. The number of halogens is 1. The Morgan fingerprint density at radius 3 is 2.87 bits per heavy atom. The molecule has 0 fully saturated rings. The maximum absolute atomic E-state index is 13.1. The lowest BCUT2D eigenvalue weighted by molar-refractivity contribution is 0.102. The van der Waals surface area contributed by atoms with Crippen molar-refractivity contribution in [2.45, 2.75) is 44.7 Å². The third-order valence-electron chi connectivity index (χ3n) is 5.65. The summed E-state index contributed by atoms with van der Waals surface area (Å²) in [6, 6.07) is 5.64. The molecule has 8 heteroatoms. The van der Waals surface area contributed by atoms with E-state index in [1.54, 1.807) is 11.3 Å². The average molecular weight is 441 g/mol. The largest absolute Gasteiger partial charge is 0.293 e. The quantitative estimate of drug-likeness (QED) is 0.318. The Labute approximate surface area is 181 Å². The molecular weight excluding hydrogens is 419 g/mol. The van der Waals surface area contributed by atoms with Gasteiger partial charge in [-0.25, -0.2) is 9.37 Å². The van der Waals surface area contributed by atoms with Crippen LogP contribution >= 0.6 is 23.1 Å². The summed E-state index contributed by atoms with van der Waals surface area (Å²) < 4.78 is 15.1. The van der Waals surface area contributed by atoms with E-state index in [0.717, 1.165) is 41.0 Å². The fraction of sp³-hybridized carbons (Fsp3) is 0.364. The minimum Gasteiger partial charge on any atom is -0.293 e. The third-order valence-corrected chi connectivity index (χ3v) is 7.73. The molecule has 30 heavy (non-hydrogen) atoms. The number of aryl methyl sites for hydroxylation is 2. The van der Waals surface area contributed by atoms with Crippen molar-refractivity contribution in [1.82, 2.24) is 19.6 Å². The second-order valence-corrected chi connectivity index (χ2v) is 9.80. The summed E-state index contributed by atoms with van der Waals surface area (Å²) in [5, 5.41) is 10.7. The molecule has 0 saturated carbocycles. The van der Waals surface area contributed by atoms with Crippen LogP contribution < -0.4 is 0 Å². The van der Waals surface area contributed by atoms with Crippen molar-refractivity contribution in [2.24, 2.45) is 5.92 Å². The minimum absolute atomic E-state index is 0.0641. The second kappa shape index (κ2) is 7.74. The zero-order chi connectivity index (χ0) is 20.8. The van der Waals surface area contributed by atoms with Gasteiger partial charge in [0.25, 0.3) is 0 Å². The number of fused-ring (bicyclic) bond motifs is 5. The van der Waals surface area contributed by atoms with Gasteiger partial charge >= 0.3 is 0 Å². The zero-order valence-electron chi connectivity index (χ0n) is 16.8. The highest BCUT2D eigenvalue weighted by Gasteiger charge is 2.25. The standard InChI is InChI=1S/C22H21FN4OS2/c1-3-18-24-21-19(15-9-4-12(2)10-17(15)30-21)20-25-26-22(27(18)20)29-11-16(28)13-5-7-14(23)8-6-13/h5-8,12H,3-4,9-11H2,1-2H3. The van der Waals surface area contributed by atoms with Crippen LogP contribution in [0.3, 0.4) is 0 Å². The first-order chi connectivity index (χ1) is 14.5. The molecule has 0 spiro atoms. The van der Waals surface area contributed by atoms with Gasteiger partial charge in [-0.05, 0) is 55.0 Å². The molecule has 1 aromatic carbocycles. The Kier molecular flexibility index (Phi) is 5.06. The monoisotopic (exact) mass is 440 g/mol. The molecule has 1 aliphatic rings. The molecular formula is C22H21FN4OS2. The van der Waals surface area contributed by atoms with Crippen LogP contribution in [0.5, 0.6) is 0 Å². The number of hydrogen-bond donors (Lipinski definition) is 0. The molecule has 5 rings (SSSR count). The number of Topliss-reactive ketones (excluding diaryl/α,β-unsaturated/α-hetero) is 1. The molecule has 1 atom stereocenters. The molecule has 1 aliphatic carbocycles. The van der Waals surface area contributed by atoms with Crippen molar-refractivity contribution in [3.8, 4) is 0 Å². The molecule has 3 heterocycles. The minimum atomic E-state index is -0.348. The van der Waals surface area contributed by atoms with Gasteiger partial charge in [0, 0.05) is 16.9 Å². The number of thioether (sulfide) groups is 1. The number of hydrogen-bond acceptors (Lipinski definition) is 6. The van der Waals surface area contributed by atoms with Crippen LogP contribution in [0.2, 0.25) is 0 Å². The Bertz CT molecular complexity index is 1260. The van der Waals surface area contributed by atoms with Gasteiger partial charge in [0.05, 0.1) is 11.1 Å². The Morgan fingerprint density at radius 1 is 1.30 bits per heavy atom. The van der Waals surface area contributed by atoms with Crippen molar-refractivity contribution in [2.75, 3.05) is 5.75 Å². The van der Waals surface area contributed by atoms with E-state index in [-0.39, 0.29) is 17.4 Å². The topological polar surface area (TPSA) is 60.2 Å². The lowest BCUT2D eigenvalue weighted by atomic mass is 9.89. The summed E-state index contributed by atoms with van der Waals surface area (Å²) in [6.07, 6.45) is 4.09. The van der Waals surface area contributed by atoms with E-state index >= 15 is 0 Å². The van der Waals surface area contributed by atoms with Crippen LogP contribution in [-0.2, 0) is 19.3 Å². The van der Waals surface area contributed by atoms with Gasteiger partial charge in [0.15, 0.2) is 16.6 Å². The number of nitrogens with zero attached hydrogens (tertiary/aromatic N) is 4.